The Kier molecular flexibility index (Phi) is 3.74. The van der Waals surface area contributed by atoms with Crippen LogP contribution in [0.3, 0.4) is 0 Å². The van der Waals surface area contributed by atoms with Crippen LogP contribution in [0.2, 0.25) is 0 Å². The molecule has 1 aliphatic heterocycles. The van der Waals surface area contributed by atoms with E-state index in [1.54, 1.807) is 0 Å². The van der Waals surface area contributed by atoms with Gasteiger partial charge >= 0.3 is 0 Å². The Morgan fingerprint density at radius 2 is 1.85 bits per heavy atom. The van der Waals surface area contributed by atoms with E-state index in [4.69, 9.17) is 0 Å². The summed E-state index contributed by atoms with van der Waals surface area (Å²) in [5.74, 6) is 0.929. The molecule has 1 fully saturated rings. The average Bonchev–Trinajstić information content (AvgIpc) is 2.03. The Morgan fingerprint density at radius 1 is 1.31 bits per heavy atom. The fourth-order valence-corrected chi connectivity index (χ4v) is 2.10. The van der Waals surface area contributed by atoms with Gasteiger partial charge in [0.25, 0.3) is 0 Å². The number of β-amino-alcohol motifs (C(OH)–C–C–N with tert-alkyl or cyclic N) is 1. The van der Waals surface area contributed by atoms with Crippen LogP contribution in [0.25, 0.3) is 0 Å². The van der Waals surface area contributed by atoms with Gasteiger partial charge in [0.05, 0.1) is 5.60 Å². The fourth-order valence-electron chi connectivity index (χ4n) is 2.10. The Balaban J connectivity index is 2.25. The van der Waals surface area contributed by atoms with Crippen molar-refractivity contribution in [1.82, 2.24) is 4.90 Å². The van der Waals surface area contributed by atoms with E-state index in [9.17, 15) is 5.11 Å². The van der Waals surface area contributed by atoms with Crippen molar-refractivity contribution >= 4 is 0 Å². The van der Waals surface area contributed by atoms with Gasteiger partial charge in [-0.25, -0.2) is 0 Å². The minimum Gasteiger partial charge on any atom is -0.389 e. The molecular weight excluding hydrogens is 162 g/mol. The summed E-state index contributed by atoms with van der Waals surface area (Å²) in [6.07, 6.45) is 3.94. The highest BCUT2D eigenvalue weighted by Crippen LogP contribution is 2.20. The van der Waals surface area contributed by atoms with Crippen LogP contribution in [0.1, 0.15) is 40.0 Å². The first kappa shape index (κ1) is 11.0. The maximum atomic E-state index is 9.65. The van der Waals surface area contributed by atoms with Gasteiger partial charge in [-0.2, -0.15) is 0 Å². The Bertz CT molecular complexity index is 143. The summed E-state index contributed by atoms with van der Waals surface area (Å²) in [4.78, 5) is 2.38. The van der Waals surface area contributed by atoms with Gasteiger partial charge in [0.1, 0.15) is 0 Å². The first-order valence-electron chi connectivity index (χ1n) is 5.46. The van der Waals surface area contributed by atoms with Crippen LogP contribution in [0, 0.1) is 5.92 Å². The van der Waals surface area contributed by atoms with Gasteiger partial charge in [-0.1, -0.05) is 13.3 Å². The zero-order valence-electron chi connectivity index (χ0n) is 9.21. The summed E-state index contributed by atoms with van der Waals surface area (Å²) in [5.41, 5.74) is -0.529. The zero-order valence-corrected chi connectivity index (χ0v) is 9.21. The summed E-state index contributed by atoms with van der Waals surface area (Å²) < 4.78 is 0. The highest BCUT2D eigenvalue weighted by Gasteiger charge is 2.22. The maximum absolute atomic E-state index is 9.65. The van der Waals surface area contributed by atoms with Gasteiger partial charge in [-0.05, 0) is 45.7 Å². The predicted molar refractivity (Wildman–Crippen MR) is 55.8 cm³/mol. The lowest BCUT2D eigenvalue weighted by atomic mass is 9.93. The molecular formula is C11H23NO. The Morgan fingerprint density at radius 3 is 2.23 bits per heavy atom. The molecule has 0 radical (unpaired) electrons. The lowest BCUT2D eigenvalue weighted by Crippen LogP contribution is -2.42. The standard InChI is InChI=1S/C11H23NO/c1-4-10-5-7-12(8-6-10)9-11(2,3)13/h10,13H,4-9H2,1-3H3. The van der Waals surface area contributed by atoms with Gasteiger partial charge in [0, 0.05) is 6.54 Å². The van der Waals surface area contributed by atoms with E-state index in [1.165, 1.54) is 32.4 Å². The highest BCUT2D eigenvalue weighted by molar-refractivity contribution is 4.77. The van der Waals surface area contributed by atoms with E-state index >= 15 is 0 Å². The molecule has 0 amide bonds. The third-order valence-electron chi connectivity index (χ3n) is 2.90. The highest BCUT2D eigenvalue weighted by atomic mass is 16.3. The van der Waals surface area contributed by atoms with Crippen LogP contribution in [0.15, 0.2) is 0 Å². The molecule has 78 valence electrons. The second-order valence-electron chi connectivity index (χ2n) is 4.94. The molecule has 1 rings (SSSR count). The van der Waals surface area contributed by atoms with E-state index < -0.39 is 5.60 Å². The smallest absolute Gasteiger partial charge is 0.0718 e. The van der Waals surface area contributed by atoms with E-state index in [0.717, 1.165) is 12.5 Å². The summed E-state index contributed by atoms with van der Waals surface area (Å²) in [6, 6.07) is 0. The first-order chi connectivity index (χ1) is 6.01. The van der Waals surface area contributed by atoms with Crippen molar-refractivity contribution in [2.45, 2.75) is 45.6 Å². The minimum atomic E-state index is -0.529. The largest absolute Gasteiger partial charge is 0.389 e. The van der Waals surface area contributed by atoms with Crippen LogP contribution < -0.4 is 0 Å². The van der Waals surface area contributed by atoms with Crippen LogP contribution in [0.4, 0.5) is 0 Å². The molecule has 1 heterocycles. The third kappa shape index (κ3) is 4.10. The number of nitrogens with zero attached hydrogens (tertiary/aromatic N) is 1. The van der Waals surface area contributed by atoms with E-state index in [-0.39, 0.29) is 0 Å². The Hall–Kier alpha value is -0.0800. The summed E-state index contributed by atoms with van der Waals surface area (Å²) in [6.45, 7) is 9.21. The molecule has 1 aliphatic rings. The molecule has 1 N–H and O–H groups in total. The second-order valence-corrected chi connectivity index (χ2v) is 4.94. The number of rotatable bonds is 3. The molecule has 0 saturated carbocycles. The molecule has 0 aromatic carbocycles. The maximum Gasteiger partial charge on any atom is 0.0718 e. The lowest BCUT2D eigenvalue weighted by molar-refractivity contribution is 0.0242. The van der Waals surface area contributed by atoms with Crippen molar-refractivity contribution in [3.63, 3.8) is 0 Å². The summed E-state index contributed by atoms with van der Waals surface area (Å²) >= 11 is 0. The second kappa shape index (κ2) is 4.43. The molecule has 0 spiro atoms. The van der Waals surface area contributed by atoms with Crippen molar-refractivity contribution in [2.75, 3.05) is 19.6 Å². The van der Waals surface area contributed by atoms with Gasteiger partial charge in [-0.15, -0.1) is 0 Å². The van der Waals surface area contributed by atoms with Crippen LogP contribution in [-0.4, -0.2) is 35.2 Å². The van der Waals surface area contributed by atoms with Gasteiger partial charge in [0.15, 0.2) is 0 Å². The van der Waals surface area contributed by atoms with Crippen molar-refractivity contribution in [2.24, 2.45) is 5.92 Å². The van der Waals surface area contributed by atoms with E-state index in [0.29, 0.717) is 0 Å². The Labute approximate surface area is 81.9 Å². The molecule has 1 saturated heterocycles. The third-order valence-corrected chi connectivity index (χ3v) is 2.90. The molecule has 0 atom stereocenters. The summed E-state index contributed by atoms with van der Waals surface area (Å²) in [7, 11) is 0. The summed E-state index contributed by atoms with van der Waals surface area (Å²) in [5, 5.41) is 9.65. The number of hydrogen-bond acceptors (Lipinski definition) is 2. The van der Waals surface area contributed by atoms with Crippen molar-refractivity contribution in [3.05, 3.63) is 0 Å². The van der Waals surface area contributed by atoms with E-state index in [1.807, 2.05) is 13.8 Å². The zero-order chi connectivity index (χ0) is 9.90. The number of aliphatic hydroxyl groups is 1. The molecule has 0 aromatic rings. The van der Waals surface area contributed by atoms with Crippen LogP contribution >= 0.6 is 0 Å². The average molecular weight is 185 g/mol. The quantitative estimate of drug-likeness (QED) is 0.725. The molecule has 2 nitrogen and oxygen atoms in total. The molecule has 0 aromatic heterocycles. The molecule has 13 heavy (non-hydrogen) atoms. The minimum absolute atomic E-state index is 0.529. The molecule has 0 aliphatic carbocycles. The van der Waals surface area contributed by atoms with Crippen LogP contribution in [-0.2, 0) is 0 Å². The van der Waals surface area contributed by atoms with E-state index in [2.05, 4.69) is 11.8 Å². The normalized spacial score (nSPS) is 22.2. The van der Waals surface area contributed by atoms with Gasteiger partial charge in [-0.3, -0.25) is 0 Å². The lowest BCUT2D eigenvalue weighted by Gasteiger charge is -2.34. The molecule has 0 unspecified atom stereocenters. The first-order valence-corrected chi connectivity index (χ1v) is 5.46. The van der Waals surface area contributed by atoms with Gasteiger partial charge in [0.2, 0.25) is 0 Å². The monoisotopic (exact) mass is 185 g/mol. The van der Waals surface area contributed by atoms with Gasteiger partial charge < -0.3 is 10.0 Å². The van der Waals surface area contributed by atoms with Crippen molar-refractivity contribution in [3.8, 4) is 0 Å². The number of piperidine rings is 1. The molecule has 2 heteroatoms. The van der Waals surface area contributed by atoms with Crippen LogP contribution in [0.5, 0.6) is 0 Å². The number of hydrogen-bond donors (Lipinski definition) is 1. The fraction of sp³-hybridized carbons (Fsp3) is 1.00. The van der Waals surface area contributed by atoms with Crippen molar-refractivity contribution < 1.29 is 5.11 Å². The van der Waals surface area contributed by atoms with Crippen molar-refractivity contribution in [1.29, 1.82) is 0 Å². The topological polar surface area (TPSA) is 23.5 Å². The SMILES string of the molecule is CCC1CCN(CC(C)(C)O)CC1. The predicted octanol–water partition coefficient (Wildman–Crippen LogP) is 1.88. The number of likely N-dealkylation sites (tertiary alicyclic amines) is 1. The molecule has 0 bridgehead atoms.